The Morgan fingerprint density at radius 3 is 2.91 bits per heavy atom. The number of hydrogen-bond acceptors (Lipinski definition) is 6. The molecule has 124 valence electrons. The first-order valence-electron chi connectivity index (χ1n) is 7.68. The summed E-state index contributed by atoms with van der Waals surface area (Å²) in [6.07, 6.45) is 5.38. The lowest BCUT2D eigenvalue weighted by Gasteiger charge is -2.32. The van der Waals surface area contributed by atoms with Crippen LogP contribution in [0, 0.1) is 0 Å². The summed E-state index contributed by atoms with van der Waals surface area (Å²) in [5, 5.41) is 8.10. The van der Waals surface area contributed by atoms with E-state index in [-0.39, 0.29) is 0 Å². The smallest absolute Gasteiger partial charge is 0.156 e. The van der Waals surface area contributed by atoms with Gasteiger partial charge in [-0.05, 0) is 12.8 Å². The molecule has 2 heterocycles. The van der Waals surface area contributed by atoms with Crippen molar-refractivity contribution in [1.29, 1.82) is 0 Å². The zero-order chi connectivity index (χ0) is 16.2. The van der Waals surface area contributed by atoms with Crippen molar-refractivity contribution in [3.63, 3.8) is 0 Å². The van der Waals surface area contributed by atoms with Crippen molar-refractivity contribution in [3.05, 3.63) is 35.0 Å². The van der Waals surface area contributed by atoms with Crippen molar-refractivity contribution in [2.24, 2.45) is 5.73 Å². The van der Waals surface area contributed by atoms with Crippen LogP contribution in [0.25, 0.3) is 0 Å². The van der Waals surface area contributed by atoms with Crippen LogP contribution in [-0.2, 0) is 17.9 Å². The monoisotopic (exact) mass is 336 g/mol. The van der Waals surface area contributed by atoms with Crippen LogP contribution >= 0.6 is 11.6 Å². The molecular formula is C15H21ClN6O. The molecule has 8 heteroatoms. The van der Waals surface area contributed by atoms with E-state index < -0.39 is 0 Å². The summed E-state index contributed by atoms with van der Waals surface area (Å²) < 4.78 is 6.95. The maximum Gasteiger partial charge on any atom is 0.156 e. The van der Waals surface area contributed by atoms with Gasteiger partial charge in [0.2, 0.25) is 0 Å². The number of methoxy groups -OCH3 is 1. The minimum atomic E-state index is 0.293. The predicted octanol–water partition coefficient (Wildman–Crippen LogP) is 1.79. The highest BCUT2D eigenvalue weighted by Gasteiger charge is 2.29. The Morgan fingerprint density at radius 1 is 1.43 bits per heavy atom. The maximum absolute atomic E-state index is 5.88. The number of ether oxygens (including phenoxy) is 1. The van der Waals surface area contributed by atoms with Gasteiger partial charge in [-0.15, -0.1) is 0 Å². The fourth-order valence-electron chi connectivity index (χ4n) is 2.67. The van der Waals surface area contributed by atoms with Crippen LogP contribution < -0.4 is 11.1 Å². The van der Waals surface area contributed by atoms with Gasteiger partial charge in [-0.2, -0.15) is 5.10 Å². The number of nitrogens with one attached hydrogen (secondary N) is 1. The predicted molar refractivity (Wildman–Crippen MR) is 88.4 cm³/mol. The van der Waals surface area contributed by atoms with Gasteiger partial charge >= 0.3 is 0 Å². The van der Waals surface area contributed by atoms with Crippen LogP contribution in [0.2, 0.25) is 5.02 Å². The number of rotatable bonds is 7. The molecule has 1 saturated carbocycles. The first-order chi connectivity index (χ1) is 11.1. The van der Waals surface area contributed by atoms with E-state index in [1.165, 1.54) is 0 Å². The van der Waals surface area contributed by atoms with Crippen LogP contribution in [0.15, 0.2) is 18.5 Å². The lowest BCUT2D eigenvalue weighted by molar-refractivity contribution is 0.177. The molecule has 0 amide bonds. The Hall–Kier alpha value is -1.70. The Balaban J connectivity index is 1.64. The third-order valence-corrected chi connectivity index (χ3v) is 4.10. The Morgan fingerprint density at radius 2 is 2.26 bits per heavy atom. The molecule has 1 aliphatic rings. The Kier molecular flexibility index (Phi) is 5.09. The summed E-state index contributed by atoms with van der Waals surface area (Å²) >= 11 is 5.85. The zero-order valence-electron chi connectivity index (χ0n) is 13.1. The van der Waals surface area contributed by atoms with E-state index in [2.05, 4.69) is 20.4 Å². The molecule has 7 nitrogen and oxygen atoms in total. The lowest BCUT2D eigenvalue weighted by atomic mass is 9.78. The zero-order valence-corrected chi connectivity index (χ0v) is 13.8. The SMILES string of the molecule is COCc1nc(NCCn2cc(Cl)cn2)cc(C2CC(N)C2)n1. The Labute approximate surface area is 140 Å². The van der Waals surface area contributed by atoms with Gasteiger partial charge < -0.3 is 15.8 Å². The molecule has 2 aromatic rings. The number of halogens is 1. The van der Waals surface area contributed by atoms with Crippen molar-refractivity contribution in [2.45, 2.75) is 38.0 Å². The number of aromatic nitrogens is 4. The average molecular weight is 337 g/mol. The van der Waals surface area contributed by atoms with E-state index in [0.29, 0.717) is 42.5 Å². The topological polar surface area (TPSA) is 90.9 Å². The normalized spacial score (nSPS) is 20.3. The van der Waals surface area contributed by atoms with Gasteiger partial charge in [-0.3, -0.25) is 4.68 Å². The van der Waals surface area contributed by atoms with Crippen LogP contribution in [-0.4, -0.2) is 39.4 Å². The van der Waals surface area contributed by atoms with Crippen molar-refractivity contribution >= 4 is 17.4 Å². The highest BCUT2D eigenvalue weighted by atomic mass is 35.5. The molecule has 1 fully saturated rings. The second kappa shape index (κ2) is 7.25. The first kappa shape index (κ1) is 16.2. The summed E-state index contributed by atoms with van der Waals surface area (Å²) in [6, 6.07) is 2.30. The van der Waals surface area contributed by atoms with E-state index in [0.717, 1.165) is 24.4 Å². The molecule has 0 spiro atoms. The molecule has 23 heavy (non-hydrogen) atoms. The first-order valence-corrected chi connectivity index (χ1v) is 8.06. The largest absolute Gasteiger partial charge is 0.377 e. The minimum Gasteiger partial charge on any atom is -0.377 e. The fraction of sp³-hybridized carbons (Fsp3) is 0.533. The second-order valence-electron chi connectivity index (χ2n) is 5.80. The molecule has 0 aromatic carbocycles. The van der Waals surface area contributed by atoms with Gasteiger partial charge in [0.25, 0.3) is 0 Å². The van der Waals surface area contributed by atoms with Gasteiger partial charge in [0.05, 0.1) is 17.8 Å². The summed E-state index contributed by atoms with van der Waals surface area (Å²) in [4.78, 5) is 9.07. The summed E-state index contributed by atoms with van der Waals surface area (Å²) in [5.41, 5.74) is 6.92. The number of anilines is 1. The van der Waals surface area contributed by atoms with Crippen LogP contribution in [0.1, 0.15) is 30.3 Å². The van der Waals surface area contributed by atoms with Crippen molar-refractivity contribution in [1.82, 2.24) is 19.7 Å². The van der Waals surface area contributed by atoms with E-state index in [1.807, 2.05) is 6.07 Å². The van der Waals surface area contributed by atoms with Gasteiger partial charge in [0, 0.05) is 43.6 Å². The van der Waals surface area contributed by atoms with E-state index in [4.69, 9.17) is 22.1 Å². The molecule has 0 aliphatic heterocycles. The van der Waals surface area contributed by atoms with Gasteiger partial charge in [0.1, 0.15) is 12.4 Å². The van der Waals surface area contributed by atoms with Gasteiger partial charge in [-0.25, -0.2) is 9.97 Å². The highest BCUT2D eigenvalue weighted by Crippen LogP contribution is 2.35. The fourth-order valence-corrected chi connectivity index (χ4v) is 2.83. The molecular weight excluding hydrogens is 316 g/mol. The van der Waals surface area contributed by atoms with Crippen molar-refractivity contribution < 1.29 is 4.74 Å². The maximum atomic E-state index is 5.88. The van der Waals surface area contributed by atoms with Crippen molar-refractivity contribution in [3.8, 4) is 0 Å². The summed E-state index contributed by atoms with van der Waals surface area (Å²) in [5.74, 6) is 1.92. The van der Waals surface area contributed by atoms with Crippen LogP contribution in [0.5, 0.6) is 0 Å². The third-order valence-electron chi connectivity index (χ3n) is 3.91. The van der Waals surface area contributed by atoms with E-state index in [1.54, 1.807) is 24.2 Å². The molecule has 0 radical (unpaired) electrons. The van der Waals surface area contributed by atoms with E-state index in [9.17, 15) is 0 Å². The quantitative estimate of drug-likeness (QED) is 0.801. The molecule has 0 saturated heterocycles. The third kappa shape index (κ3) is 4.19. The Bertz CT molecular complexity index is 655. The van der Waals surface area contributed by atoms with Crippen LogP contribution in [0.3, 0.4) is 0 Å². The molecule has 0 bridgehead atoms. The average Bonchev–Trinajstić information content (AvgIpc) is 2.90. The second-order valence-corrected chi connectivity index (χ2v) is 6.24. The summed E-state index contributed by atoms with van der Waals surface area (Å²) in [7, 11) is 1.64. The number of nitrogens with two attached hydrogens (primary N) is 1. The minimum absolute atomic E-state index is 0.293. The number of nitrogens with zero attached hydrogens (tertiary/aromatic N) is 4. The molecule has 2 aromatic heterocycles. The standard InChI is InChI=1S/C15H21ClN6O/c1-23-9-15-20-13(10-4-12(17)5-10)6-14(21-15)18-2-3-22-8-11(16)7-19-22/h6-8,10,12H,2-5,9,17H2,1H3,(H,18,20,21). The molecule has 0 atom stereocenters. The van der Waals surface area contributed by atoms with Gasteiger partial charge in [-0.1, -0.05) is 11.6 Å². The molecule has 1 aliphatic carbocycles. The lowest BCUT2D eigenvalue weighted by Crippen LogP contribution is -2.35. The summed E-state index contributed by atoms with van der Waals surface area (Å²) in [6.45, 7) is 1.81. The number of hydrogen-bond donors (Lipinski definition) is 2. The van der Waals surface area contributed by atoms with Crippen LogP contribution in [0.4, 0.5) is 5.82 Å². The van der Waals surface area contributed by atoms with Gasteiger partial charge in [0.15, 0.2) is 5.82 Å². The highest BCUT2D eigenvalue weighted by molar-refractivity contribution is 6.30. The molecule has 0 unspecified atom stereocenters. The van der Waals surface area contributed by atoms with E-state index >= 15 is 0 Å². The van der Waals surface area contributed by atoms with Crippen molar-refractivity contribution in [2.75, 3.05) is 19.0 Å². The molecule has 3 rings (SSSR count). The molecule has 3 N–H and O–H groups in total.